The molecule has 0 radical (unpaired) electrons. The maximum absolute atomic E-state index is 11.1. The van der Waals surface area contributed by atoms with Crippen LogP contribution in [0.15, 0.2) is 24.3 Å². The van der Waals surface area contributed by atoms with Crippen LogP contribution >= 0.6 is 0 Å². The highest BCUT2D eigenvalue weighted by Gasteiger charge is 2.12. The smallest absolute Gasteiger partial charge is 0.322 e. The first kappa shape index (κ1) is 12.7. The number of esters is 1. The van der Waals surface area contributed by atoms with Gasteiger partial charge >= 0.3 is 5.97 Å². The number of carbonyl (C=O) groups is 1. The Balaban J connectivity index is 2.36. The molecule has 0 bridgehead atoms. The maximum Gasteiger partial charge on any atom is 0.322 e. The summed E-state index contributed by atoms with van der Waals surface area (Å²) in [5, 5.41) is 0. The van der Waals surface area contributed by atoms with Crippen molar-refractivity contribution in [3.05, 3.63) is 35.4 Å². The summed E-state index contributed by atoms with van der Waals surface area (Å²) in [6.45, 7) is 2.09. The van der Waals surface area contributed by atoms with Crippen LogP contribution in [0.3, 0.4) is 0 Å². The van der Waals surface area contributed by atoms with E-state index in [1.807, 2.05) is 12.1 Å². The third-order valence-corrected chi connectivity index (χ3v) is 2.73. The first-order valence-corrected chi connectivity index (χ1v) is 5.53. The van der Waals surface area contributed by atoms with E-state index >= 15 is 0 Å². The zero-order valence-electron chi connectivity index (χ0n) is 9.90. The van der Waals surface area contributed by atoms with Gasteiger partial charge in [0.1, 0.15) is 6.04 Å². The van der Waals surface area contributed by atoms with E-state index in [1.165, 1.54) is 18.2 Å². The Morgan fingerprint density at radius 2 is 2.12 bits per heavy atom. The zero-order valence-corrected chi connectivity index (χ0v) is 9.90. The lowest BCUT2D eigenvalue weighted by Crippen LogP contribution is -2.31. The number of ether oxygens (including phenoxy) is 1. The molecule has 3 nitrogen and oxygen atoms in total. The Hall–Kier alpha value is -1.35. The summed E-state index contributed by atoms with van der Waals surface area (Å²) in [7, 11) is 1.36. The van der Waals surface area contributed by atoms with Gasteiger partial charge in [-0.05, 0) is 37.3 Å². The van der Waals surface area contributed by atoms with Crippen LogP contribution in [-0.4, -0.2) is 19.1 Å². The second kappa shape index (κ2) is 6.28. The number of hydrogen-bond acceptors (Lipinski definition) is 3. The SMILES string of the molecule is COC(=O)C(N)CCCc1ccccc1C. The molecule has 0 amide bonds. The summed E-state index contributed by atoms with van der Waals surface area (Å²) in [6, 6.07) is 7.77. The minimum atomic E-state index is -0.492. The van der Waals surface area contributed by atoms with Crippen molar-refractivity contribution in [2.24, 2.45) is 5.73 Å². The molecule has 88 valence electrons. The lowest BCUT2D eigenvalue weighted by molar-refractivity contribution is -0.142. The van der Waals surface area contributed by atoms with Crippen LogP contribution in [0, 0.1) is 6.92 Å². The van der Waals surface area contributed by atoms with Crippen LogP contribution in [0.4, 0.5) is 0 Å². The van der Waals surface area contributed by atoms with Gasteiger partial charge < -0.3 is 10.5 Å². The van der Waals surface area contributed by atoms with Crippen LogP contribution in [-0.2, 0) is 16.0 Å². The van der Waals surface area contributed by atoms with E-state index in [2.05, 4.69) is 23.8 Å². The number of nitrogens with two attached hydrogens (primary N) is 1. The summed E-state index contributed by atoms with van der Waals surface area (Å²) in [4.78, 5) is 11.1. The molecule has 1 atom stereocenters. The van der Waals surface area contributed by atoms with Crippen LogP contribution in [0.2, 0.25) is 0 Å². The molecular formula is C13H19NO2. The molecule has 1 aromatic carbocycles. The predicted octanol–water partition coefficient (Wildman–Crippen LogP) is 1.82. The predicted molar refractivity (Wildman–Crippen MR) is 64.1 cm³/mol. The van der Waals surface area contributed by atoms with Crippen LogP contribution in [0.1, 0.15) is 24.0 Å². The van der Waals surface area contributed by atoms with Crippen molar-refractivity contribution in [3.8, 4) is 0 Å². The first-order chi connectivity index (χ1) is 7.65. The molecule has 1 unspecified atom stereocenters. The molecule has 0 saturated heterocycles. The van der Waals surface area contributed by atoms with Crippen molar-refractivity contribution in [1.82, 2.24) is 0 Å². The number of methoxy groups -OCH3 is 1. The maximum atomic E-state index is 11.1. The molecule has 0 heterocycles. The Morgan fingerprint density at radius 1 is 1.44 bits per heavy atom. The molecule has 0 spiro atoms. The Kier molecular flexibility index (Phi) is 4.99. The third kappa shape index (κ3) is 3.66. The van der Waals surface area contributed by atoms with Gasteiger partial charge in [0.2, 0.25) is 0 Å². The Bertz CT molecular complexity index is 350. The molecule has 0 aliphatic rings. The van der Waals surface area contributed by atoms with Gasteiger partial charge in [-0.3, -0.25) is 4.79 Å². The standard InChI is InChI=1S/C13H19NO2/c1-10-6-3-4-7-11(10)8-5-9-12(14)13(15)16-2/h3-4,6-7,12H,5,8-9,14H2,1-2H3. The third-order valence-electron chi connectivity index (χ3n) is 2.73. The molecule has 3 heteroatoms. The van der Waals surface area contributed by atoms with Crippen LogP contribution in [0.5, 0.6) is 0 Å². The normalized spacial score (nSPS) is 12.2. The van der Waals surface area contributed by atoms with E-state index in [0.717, 1.165) is 12.8 Å². The van der Waals surface area contributed by atoms with E-state index < -0.39 is 6.04 Å². The number of benzene rings is 1. The second-order valence-electron chi connectivity index (χ2n) is 3.95. The van der Waals surface area contributed by atoms with Gasteiger partial charge in [0.25, 0.3) is 0 Å². The summed E-state index contributed by atoms with van der Waals surface area (Å²) in [5.74, 6) is -0.329. The van der Waals surface area contributed by atoms with Gasteiger partial charge in [0.05, 0.1) is 7.11 Å². The lowest BCUT2D eigenvalue weighted by Gasteiger charge is -2.09. The molecule has 0 aliphatic carbocycles. The van der Waals surface area contributed by atoms with Crippen molar-refractivity contribution in [3.63, 3.8) is 0 Å². The zero-order chi connectivity index (χ0) is 12.0. The van der Waals surface area contributed by atoms with Gasteiger partial charge in [-0.25, -0.2) is 0 Å². The molecule has 0 aliphatic heterocycles. The van der Waals surface area contributed by atoms with E-state index in [9.17, 15) is 4.79 Å². The molecule has 0 aromatic heterocycles. The monoisotopic (exact) mass is 221 g/mol. The molecule has 0 saturated carbocycles. The van der Waals surface area contributed by atoms with Crippen molar-refractivity contribution >= 4 is 5.97 Å². The lowest BCUT2D eigenvalue weighted by atomic mass is 10.0. The van der Waals surface area contributed by atoms with Crippen molar-refractivity contribution in [1.29, 1.82) is 0 Å². The number of hydrogen-bond donors (Lipinski definition) is 1. The van der Waals surface area contributed by atoms with Crippen molar-refractivity contribution in [2.75, 3.05) is 7.11 Å². The number of carbonyl (C=O) groups excluding carboxylic acids is 1. The van der Waals surface area contributed by atoms with Crippen molar-refractivity contribution < 1.29 is 9.53 Å². The molecule has 1 aromatic rings. The first-order valence-electron chi connectivity index (χ1n) is 5.53. The highest BCUT2D eigenvalue weighted by molar-refractivity contribution is 5.75. The topological polar surface area (TPSA) is 52.3 Å². The van der Waals surface area contributed by atoms with Gasteiger partial charge in [0, 0.05) is 0 Å². The Labute approximate surface area is 96.6 Å². The summed E-state index contributed by atoms with van der Waals surface area (Å²) >= 11 is 0. The van der Waals surface area contributed by atoms with Crippen LogP contribution < -0.4 is 5.73 Å². The largest absolute Gasteiger partial charge is 0.468 e. The summed E-state index contributed by atoms with van der Waals surface area (Å²) in [5.41, 5.74) is 8.26. The molecule has 2 N–H and O–H groups in total. The fourth-order valence-corrected chi connectivity index (χ4v) is 1.67. The molecule has 16 heavy (non-hydrogen) atoms. The summed E-state index contributed by atoms with van der Waals surface area (Å²) in [6.07, 6.45) is 2.53. The van der Waals surface area contributed by atoms with E-state index in [1.54, 1.807) is 0 Å². The van der Waals surface area contributed by atoms with E-state index in [-0.39, 0.29) is 5.97 Å². The molecular weight excluding hydrogens is 202 g/mol. The highest BCUT2D eigenvalue weighted by Crippen LogP contribution is 2.11. The minimum Gasteiger partial charge on any atom is -0.468 e. The number of rotatable bonds is 5. The molecule has 1 rings (SSSR count). The van der Waals surface area contributed by atoms with Gasteiger partial charge in [0.15, 0.2) is 0 Å². The van der Waals surface area contributed by atoms with E-state index in [0.29, 0.717) is 6.42 Å². The number of aryl methyl sites for hydroxylation is 2. The highest BCUT2D eigenvalue weighted by atomic mass is 16.5. The van der Waals surface area contributed by atoms with Gasteiger partial charge in [-0.15, -0.1) is 0 Å². The second-order valence-corrected chi connectivity index (χ2v) is 3.95. The fourth-order valence-electron chi connectivity index (χ4n) is 1.67. The van der Waals surface area contributed by atoms with Crippen molar-refractivity contribution in [2.45, 2.75) is 32.2 Å². The average Bonchev–Trinajstić information content (AvgIpc) is 2.30. The minimum absolute atomic E-state index is 0.329. The Morgan fingerprint density at radius 3 is 2.75 bits per heavy atom. The van der Waals surface area contributed by atoms with Gasteiger partial charge in [-0.1, -0.05) is 24.3 Å². The van der Waals surface area contributed by atoms with E-state index in [4.69, 9.17) is 5.73 Å². The van der Waals surface area contributed by atoms with Gasteiger partial charge in [-0.2, -0.15) is 0 Å². The summed E-state index contributed by atoms with van der Waals surface area (Å²) < 4.78 is 4.57. The van der Waals surface area contributed by atoms with Crippen LogP contribution in [0.25, 0.3) is 0 Å². The molecule has 0 fully saturated rings. The fraction of sp³-hybridized carbons (Fsp3) is 0.462. The average molecular weight is 221 g/mol. The quantitative estimate of drug-likeness (QED) is 0.772.